The summed E-state index contributed by atoms with van der Waals surface area (Å²) in [5, 5.41) is 0. The Bertz CT molecular complexity index is 307. The molecule has 0 aliphatic carbocycles. The Balaban J connectivity index is 2.87. The number of hydrogen-bond acceptors (Lipinski definition) is 2. The molecule has 1 saturated heterocycles. The first-order valence-electron chi connectivity index (χ1n) is 8.30. The molecule has 2 heteroatoms. The monoisotopic (exact) mass is 284 g/mol. The Kier molecular flexibility index (Phi) is 5.71. The van der Waals surface area contributed by atoms with Crippen molar-refractivity contribution in [3.8, 4) is 0 Å². The molecule has 20 heavy (non-hydrogen) atoms. The summed E-state index contributed by atoms with van der Waals surface area (Å²) in [5.74, 6) is 1.16. The third kappa shape index (κ3) is 4.46. The molecule has 1 aliphatic heterocycles. The summed E-state index contributed by atoms with van der Waals surface area (Å²) >= 11 is 0. The van der Waals surface area contributed by atoms with Crippen LogP contribution in [-0.2, 0) is 9.47 Å². The molecule has 0 aromatic heterocycles. The predicted molar refractivity (Wildman–Crippen MR) is 86.0 cm³/mol. The minimum absolute atomic E-state index is 0.00541. The summed E-state index contributed by atoms with van der Waals surface area (Å²) in [7, 11) is 0. The van der Waals surface area contributed by atoms with Gasteiger partial charge in [-0.1, -0.05) is 34.1 Å². The fraction of sp³-hybridized carbons (Fsp3) is 1.00. The summed E-state index contributed by atoms with van der Waals surface area (Å²) in [6, 6.07) is 0. The zero-order valence-corrected chi connectivity index (χ0v) is 15.0. The van der Waals surface area contributed by atoms with E-state index in [4.69, 9.17) is 9.47 Å². The fourth-order valence-electron chi connectivity index (χ4n) is 4.28. The first-order valence-corrected chi connectivity index (χ1v) is 8.30. The molecule has 0 spiro atoms. The highest BCUT2D eigenvalue weighted by atomic mass is 16.5. The lowest BCUT2D eigenvalue weighted by molar-refractivity contribution is -0.165. The van der Waals surface area contributed by atoms with Crippen LogP contribution in [0, 0.1) is 17.3 Å². The minimum Gasteiger partial charge on any atom is -0.376 e. The van der Waals surface area contributed by atoms with E-state index in [0.717, 1.165) is 32.5 Å². The van der Waals surface area contributed by atoms with Crippen LogP contribution >= 0.6 is 0 Å². The Morgan fingerprint density at radius 1 is 1.20 bits per heavy atom. The number of rotatable bonds is 6. The Morgan fingerprint density at radius 2 is 1.80 bits per heavy atom. The van der Waals surface area contributed by atoms with Crippen LogP contribution in [0.4, 0.5) is 0 Å². The minimum atomic E-state index is -0.0683. The largest absolute Gasteiger partial charge is 0.376 e. The molecule has 1 rings (SSSR count). The van der Waals surface area contributed by atoms with E-state index < -0.39 is 0 Å². The van der Waals surface area contributed by atoms with E-state index in [2.05, 4.69) is 55.4 Å². The van der Waals surface area contributed by atoms with Crippen molar-refractivity contribution < 1.29 is 9.47 Å². The molecule has 1 aliphatic rings. The lowest BCUT2D eigenvalue weighted by Crippen LogP contribution is -2.51. The van der Waals surface area contributed by atoms with Crippen LogP contribution in [-0.4, -0.2) is 24.4 Å². The van der Waals surface area contributed by atoms with Crippen LogP contribution in [0.1, 0.15) is 74.7 Å². The van der Waals surface area contributed by atoms with Gasteiger partial charge in [0.1, 0.15) is 0 Å². The normalized spacial score (nSPS) is 28.6. The van der Waals surface area contributed by atoms with Crippen LogP contribution in [0.2, 0.25) is 0 Å². The molecule has 0 bridgehead atoms. The van der Waals surface area contributed by atoms with Gasteiger partial charge in [0.25, 0.3) is 0 Å². The zero-order chi connectivity index (χ0) is 15.6. The van der Waals surface area contributed by atoms with Crippen molar-refractivity contribution in [1.29, 1.82) is 0 Å². The quantitative estimate of drug-likeness (QED) is 0.679. The van der Waals surface area contributed by atoms with Crippen molar-refractivity contribution in [1.82, 2.24) is 0 Å². The maximum Gasteiger partial charge on any atom is 0.0659 e. The van der Waals surface area contributed by atoms with Crippen molar-refractivity contribution in [2.75, 3.05) is 13.2 Å². The van der Waals surface area contributed by atoms with E-state index in [-0.39, 0.29) is 11.2 Å². The topological polar surface area (TPSA) is 18.5 Å². The van der Waals surface area contributed by atoms with Gasteiger partial charge in [-0.05, 0) is 57.8 Å². The van der Waals surface area contributed by atoms with Gasteiger partial charge in [-0.2, -0.15) is 0 Å². The summed E-state index contributed by atoms with van der Waals surface area (Å²) in [4.78, 5) is 0. The van der Waals surface area contributed by atoms with E-state index in [1.165, 1.54) is 0 Å². The predicted octanol–water partition coefficient (Wildman–Crippen LogP) is 5.06. The molecule has 0 amide bonds. The van der Waals surface area contributed by atoms with Gasteiger partial charge in [-0.15, -0.1) is 0 Å². The molecule has 2 unspecified atom stereocenters. The summed E-state index contributed by atoms with van der Waals surface area (Å²) < 4.78 is 12.2. The molecule has 2 atom stereocenters. The average Bonchev–Trinajstić information content (AvgIpc) is 2.24. The van der Waals surface area contributed by atoms with Gasteiger partial charge in [-0.25, -0.2) is 0 Å². The second-order valence-corrected chi connectivity index (χ2v) is 8.46. The fourth-order valence-corrected chi connectivity index (χ4v) is 4.28. The first-order chi connectivity index (χ1) is 9.02. The molecule has 1 fully saturated rings. The smallest absolute Gasteiger partial charge is 0.0659 e. The standard InChI is InChI=1S/C18H36O2/c1-9-15(17(6,7)20-12-14(2)3)18(8)10-11-19-16(4,5)13-18/h14-15H,9-13H2,1-8H3. The SMILES string of the molecule is CCC(C1(C)CCOC(C)(C)C1)C(C)(C)OCC(C)C. The Labute approximate surface area is 126 Å². The Morgan fingerprint density at radius 3 is 2.25 bits per heavy atom. The first kappa shape index (κ1) is 18.0. The van der Waals surface area contributed by atoms with Gasteiger partial charge in [-0.3, -0.25) is 0 Å². The van der Waals surface area contributed by atoms with E-state index in [1.54, 1.807) is 0 Å². The zero-order valence-electron chi connectivity index (χ0n) is 15.0. The molecule has 0 aromatic rings. The molecular weight excluding hydrogens is 248 g/mol. The number of hydrogen-bond donors (Lipinski definition) is 0. The van der Waals surface area contributed by atoms with Crippen LogP contribution in [0.3, 0.4) is 0 Å². The van der Waals surface area contributed by atoms with Crippen molar-refractivity contribution in [2.45, 2.75) is 85.9 Å². The highest BCUT2D eigenvalue weighted by molar-refractivity contribution is 4.97. The van der Waals surface area contributed by atoms with Crippen LogP contribution in [0.25, 0.3) is 0 Å². The van der Waals surface area contributed by atoms with Gasteiger partial charge >= 0.3 is 0 Å². The molecule has 1 heterocycles. The van der Waals surface area contributed by atoms with Crippen molar-refractivity contribution in [3.05, 3.63) is 0 Å². The third-order valence-corrected chi connectivity index (χ3v) is 4.87. The summed E-state index contributed by atoms with van der Waals surface area (Å²) in [6.45, 7) is 19.9. The highest BCUT2D eigenvalue weighted by Gasteiger charge is 2.47. The van der Waals surface area contributed by atoms with Gasteiger partial charge in [0, 0.05) is 13.2 Å². The van der Waals surface area contributed by atoms with E-state index in [9.17, 15) is 0 Å². The van der Waals surface area contributed by atoms with E-state index in [1.807, 2.05) is 0 Å². The van der Waals surface area contributed by atoms with E-state index >= 15 is 0 Å². The lowest BCUT2D eigenvalue weighted by Gasteiger charge is -2.52. The van der Waals surface area contributed by atoms with Gasteiger partial charge in [0.05, 0.1) is 11.2 Å². The van der Waals surface area contributed by atoms with Gasteiger partial charge in [0.15, 0.2) is 0 Å². The molecule has 0 radical (unpaired) electrons. The maximum absolute atomic E-state index is 6.29. The molecular formula is C18H36O2. The third-order valence-electron chi connectivity index (χ3n) is 4.87. The van der Waals surface area contributed by atoms with Crippen LogP contribution in [0.15, 0.2) is 0 Å². The van der Waals surface area contributed by atoms with Gasteiger partial charge < -0.3 is 9.47 Å². The van der Waals surface area contributed by atoms with Crippen molar-refractivity contribution >= 4 is 0 Å². The molecule has 0 N–H and O–H groups in total. The maximum atomic E-state index is 6.29. The van der Waals surface area contributed by atoms with Crippen molar-refractivity contribution in [3.63, 3.8) is 0 Å². The second kappa shape index (κ2) is 6.36. The second-order valence-electron chi connectivity index (χ2n) is 8.46. The van der Waals surface area contributed by atoms with E-state index in [0.29, 0.717) is 17.3 Å². The molecule has 2 nitrogen and oxygen atoms in total. The average molecular weight is 284 g/mol. The molecule has 120 valence electrons. The summed E-state index contributed by atoms with van der Waals surface area (Å²) in [5.41, 5.74) is 0.229. The van der Waals surface area contributed by atoms with Crippen LogP contribution < -0.4 is 0 Å². The lowest BCUT2D eigenvalue weighted by atomic mass is 9.61. The van der Waals surface area contributed by atoms with Gasteiger partial charge in [0.2, 0.25) is 0 Å². The molecule has 0 aromatic carbocycles. The number of ether oxygens (including phenoxy) is 2. The van der Waals surface area contributed by atoms with Crippen molar-refractivity contribution in [2.24, 2.45) is 17.3 Å². The summed E-state index contributed by atoms with van der Waals surface area (Å²) in [6.07, 6.45) is 3.42. The van der Waals surface area contributed by atoms with Crippen LogP contribution in [0.5, 0.6) is 0 Å². The molecule has 0 saturated carbocycles. The Hall–Kier alpha value is -0.0800. The highest BCUT2D eigenvalue weighted by Crippen LogP contribution is 2.49.